The van der Waals surface area contributed by atoms with Gasteiger partial charge in [-0.2, -0.15) is 0 Å². The third-order valence-electron chi connectivity index (χ3n) is 4.33. The Morgan fingerprint density at radius 1 is 1.10 bits per heavy atom. The molecule has 0 saturated carbocycles. The second-order valence-corrected chi connectivity index (χ2v) is 7.32. The van der Waals surface area contributed by atoms with Crippen LogP contribution in [0, 0.1) is 0 Å². The standard InChI is InChI=1S/C21H18N4O3S/c26-20(18-13-29-14-25(18)21(27)15-5-2-1-3-6-15)24-16-7-4-8-17(11-16)28-19-12-22-9-10-23-19/h1-12,18H,13-14H2,(H,24,26)/t18-/m0/s1. The Bertz CT molecular complexity index is 1000. The van der Waals surface area contributed by atoms with Gasteiger partial charge in [0.25, 0.3) is 5.91 Å². The van der Waals surface area contributed by atoms with Crippen molar-refractivity contribution in [2.75, 3.05) is 16.9 Å². The summed E-state index contributed by atoms with van der Waals surface area (Å²) in [6, 6.07) is 15.5. The van der Waals surface area contributed by atoms with Crippen LogP contribution in [0.15, 0.2) is 73.2 Å². The highest BCUT2D eigenvalue weighted by atomic mass is 32.2. The molecule has 0 aliphatic carbocycles. The zero-order valence-corrected chi connectivity index (χ0v) is 16.2. The van der Waals surface area contributed by atoms with E-state index in [4.69, 9.17) is 4.74 Å². The molecule has 0 unspecified atom stereocenters. The van der Waals surface area contributed by atoms with Crippen LogP contribution in [0.25, 0.3) is 0 Å². The summed E-state index contributed by atoms with van der Waals surface area (Å²) in [5.41, 5.74) is 1.16. The number of benzene rings is 2. The van der Waals surface area contributed by atoms with Crippen LogP contribution in [0.5, 0.6) is 11.6 Å². The molecule has 1 aliphatic rings. The number of carbonyl (C=O) groups is 2. The molecule has 7 nitrogen and oxygen atoms in total. The van der Waals surface area contributed by atoms with Gasteiger partial charge in [-0.15, -0.1) is 11.8 Å². The number of hydrogen-bond acceptors (Lipinski definition) is 6. The number of nitrogens with one attached hydrogen (secondary N) is 1. The molecule has 1 saturated heterocycles. The fraction of sp³-hybridized carbons (Fsp3) is 0.143. The highest BCUT2D eigenvalue weighted by Gasteiger charge is 2.35. The van der Waals surface area contributed by atoms with Gasteiger partial charge in [-0.05, 0) is 24.3 Å². The minimum atomic E-state index is -0.530. The van der Waals surface area contributed by atoms with Gasteiger partial charge in [0, 0.05) is 35.5 Å². The van der Waals surface area contributed by atoms with Crippen LogP contribution < -0.4 is 10.1 Å². The summed E-state index contributed by atoms with van der Waals surface area (Å²) in [5, 5.41) is 2.88. The monoisotopic (exact) mass is 406 g/mol. The van der Waals surface area contributed by atoms with Crippen molar-refractivity contribution in [2.24, 2.45) is 0 Å². The number of amides is 2. The van der Waals surface area contributed by atoms with Crippen molar-refractivity contribution in [3.8, 4) is 11.6 Å². The van der Waals surface area contributed by atoms with Gasteiger partial charge in [0.05, 0.1) is 12.1 Å². The van der Waals surface area contributed by atoms with Gasteiger partial charge >= 0.3 is 0 Å². The summed E-state index contributed by atoms with van der Waals surface area (Å²) in [4.78, 5) is 35.3. The van der Waals surface area contributed by atoms with Gasteiger partial charge in [-0.25, -0.2) is 4.98 Å². The molecule has 29 heavy (non-hydrogen) atoms. The first-order valence-electron chi connectivity index (χ1n) is 8.99. The summed E-state index contributed by atoms with van der Waals surface area (Å²) in [5.74, 6) is 1.57. The van der Waals surface area contributed by atoms with Gasteiger partial charge in [-0.3, -0.25) is 14.6 Å². The summed E-state index contributed by atoms with van der Waals surface area (Å²) in [7, 11) is 0. The Kier molecular flexibility index (Phi) is 5.71. The molecule has 0 radical (unpaired) electrons. The molecular formula is C21H18N4O3S. The number of hydrogen-bond donors (Lipinski definition) is 1. The quantitative estimate of drug-likeness (QED) is 0.699. The van der Waals surface area contributed by atoms with Crippen LogP contribution in [0.2, 0.25) is 0 Å². The lowest BCUT2D eigenvalue weighted by molar-refractivity contribution is -0.119. The van der Waals surface area contributed by atoms with Crippen LogP contribution in [0.3, 0.4) is 0 Å². The molecule has 0 bridgehead atoms. The maximum Gasteiger partial charge on any atom is 0.255 e. The van der Waals surface area contributed by atoms with Crippen molar-refractivity contribution >= 4 is 29.3 Å². The van der Waals surface area contributed by atoms with E-state index in [2.05, 4.69) is 15.3 Å². The number of nitrogens with zero attached hydrogens (tertiary/aromatic N) is 3. The first-order chi connectivity index (χ1) is 14.2. The van der Waals surface area contributed by atoms with Gasteiger partial charge in [0.15, 0.2) is 0 Å². The zero-order valence-electron chi connectivity index (χ0n) is 15.4. The molecule has 1 atom stereocenters. The highest BCUT2D eigenvalue weighted by molar-refractivity contribution is 7.99. The largest absolute Gasteiger partial charge is 0.437 e. The minimum absolute atomic E-state index is 0.143. The molecule has 1 aliphatic heterocycles. The minimum Gasteiger partial charge on any atom is -0.437 e. The number of thioether (sulfide) groups is 1. The number of carbonyl (C=O) groups excluding carboxylic acids is 2. The molecule has 1 aromatic heterocycles. The van der Waals surface area contributed by atoms with E-state index in [1.54, 1.807) is 59.3 Å². The topological polar surface area (TPSA) is 84.4 Å². The van der Waals surface area contributed by atoms with Crippen molar-refractivity contribution in [1.82, 2.24) is 14.9 Å². The number of rotatable bonds is 5. The summed E-state index contributed by atoms with van der Waals surface area (Å²) in [6.07, 6.45) is 4.61. The van der Waals surface area contributed by atoms with Gasteiger partial charge in [0.1, 0.15) is 11.8 Å². The second kappa shape index (κ2) is 8.74. The normalized spacial score (nSPS) is 15.7. The van der Waals surface area contributed by atoms with Crippen LogP contribution in [0.4, 0.5) is 5.69 Å². The molecule has 2 amide bonds. The van der Waals surface area contributed by atoms with Crippen molar-refractivity contribution in [3.05, 3.63) is 78.8 Å². The van der Waals surface area contributed by atoms with E-state index in [-0.39, 0.29) is 11.8 Å². The van der Waals surface area contributed by atoms with Crippen molar-refractivity contribution < 1.29 is 14.3 Å². The van der Waals surface area contributed by atoms with Crippen molar-refractivity contribution in [3.63, 3.8) is 0 Å². The Balaban J connectivity index is 1.44. The lowest BCUT2D eigenvalue weighted by atomic mass is 10.1. The maximum atomic E-state index is 12.8. The fourth-order valence-electron chi connectivity index (χ4n) is 2.93. The van der Waals surface area contributed by atoms with Crippen molar-refractivity contribution in [2.45, 2.75) is 6.04 Å². The van der Waals surface area contributed by atoms with Crippen molar-refractivity contribution in [1.29, 1.82) is 0 Å². The van der Waals surface area contributed by atoms with Gasteiger partial charge in [0.2, 0.25) is 11.8 Å². The molecule has 4 rings (SSSR count). The van der Waals surface area contributed by atoms with E-state index in [0.29, 0.717) is 34.5 Å². The molecule has 1 fully saturated rings. The average molecular weight is 406 g/mol. The number of ether oxygens (including phenoxy) is 1. The Morgan fingerprint density at radius 2 is 1.97 bits per heavy atom. The van der Waals surface area contributed by atoms with E-state index in [9.17, 15) is 9.59 Å². The van der Waals surface area contributed by atoms with Crippen LogP contribution >= 0.6 is 11.8 Å². The molecule has 8 heteroatoms. The Labute approximate surface area is 172 Å². The van der Waals surface area contributed by atoms with Crippen LogP contribution in [-0.4, -0.2) is 44.4 Å². The zero-order chi connectivity index (χ0) is 20.1. The number of aromatic nitrogens is 2. The van der Waals surface area contributed by atoms with Crippen LogP contribution in [-0.2, 0) is 4.79 Å². The Hall–Kier alpha value is -3.39. The third-order valence-corrected chi connectivity index (χ3v) is 5.34. The van der Waals surface area contributed by atoms with E-state index < -0.39 is 6.04 Å². The Morgan fingerprint density at radius 3 is 2.76 bits per heavy atom. The molecule has 3 aromatic rings. The lowest BCUT2D eigenvalue weighted by Crippen LogP contribution is -2.44. The first-order valence-corrected chi connectivity index (χ1v) is 10.1. The van der Waals surface area contributed by atoms with Crippen LogP contribution in [0.1, 0.15) is 10.4 Å². The molecule has 2 heterocycles. The molecular weight excluding hydrogens is 388 g/mol. The average Bonchev–Trinajstić information content (AvgIpc) is 3.25. The van der Waals surface area contributed by atoms with E-state index in [1.807, 2.05) is 18.2 Å². The summed E-state index contributed by atoms with van der Waals surface area (Å²) >= 11 is 1.56. The SMILES string of the molecule is O=C(Nc1cccc(Oc2cnccn2)c1)[C@@H]1CSCN1C(=O)c1ccccc1. The number of anilines is 1. The highest BCUT2D eigenvalue weighted by Crippen LogP contribution is 2.26. The fourth-order valence-corrected chi connectivity index (χ4v) is 4.08. The maximum absolute atomic E-state index is 12.8. The molecule has 2 aromatic carbocycles. The van der Waals surface area contributed by atoms with E-state index >= 15 is 0 Å². The molecule has 146 valence electrons. The smallest absolute Gasteiger partial charge is 0.255 e. The molecule has 0 spiro atoms. The predicted octanol–water partition coefficient (Wildman–Crippen LogP) is 3.42. The lowest BCUT2D eigenvalue weighted by Gasteiger charge is -2.23. The summed E-state index contributed by atoms with van der Waals surface area (Å²) in [6.45, 7) is 0. The van der Waals surface area contributed by atoms with E-state index in [1.165, 1.54) is 12.4 Å². The van der Waals surface area contributed by atoms with Gasteiger partial charge < -0.3 is 15.0 Å². The third kappa shape index (κ3) is 4.55. The molecule has 1 N–H and O–H groups in total. The van der Waals surface area contributed by atoms with Gasteiger partial charge in [-0.1, -0.05) is 24.3 Å². The first kappa shape index (κ1) is 18.9. The van der Waals surface area contributed by atoms with E-state index in [0.717, 1.165) is 0 Å². The predicted molar refractivity (Wildman–Crippen MR) is 111 cm³/mol. The second-order valence-electron chi connectivity index (χ2n) is 6.32. The summed E-state index contributed by atoms with van der Waals surface area (Å²) < 4.78 is 5.65.